The fraction of sp³-hybridized carbons (Fsp3) is 0.625. The van der Waals surface area contributed by atoms with Crippen LogP contribution in [0.2, 0.25) is 0 Å². The number of benzene rings is 1. The summed E-state index contributed by atoms with van der Waals surface area (Å²) in [7, 11) is 0. The summed E-state index contributed by atoms with van der Waals surface area (Å²) >= 11 is 3.45. The van der Waals surface area contributed by atoms with Gasteiger partial charge in [0.15, 0.2) is 0 Å². The molecule has 106 valence electrons. The second-order valence-corrected chi connectivity index (χ2v) is 6.67. The van der Waals surface area contributed by atoms with Crippen LogP contribution in [0.1, 0.15) is 44.6 Å². The van der Waals surface area contributed by atoms with E-state index in [1.54, 1.807) is 0 Å². The maximum atomic E-state index is 10.7. The second-order valence-electron chi connectivity index (χ2n) is 5.76. The quantitative estimate of drug-likeness (QED) is 0.865. The lowest BCUT2D eigenvalue weighted by Crippen LogP contribution is -2.42. The highest BCUT2D eigenvalue weighted by atomic mass is 79.9. The van der Waals surface area contributed by atoms with Crippen molar-refractivity contribution >= 4 is 15.9 Å². The molecule has 2 rings (SSSR count). The molecule has 2 N–H and O–H groups in total. The lowest BCUT2D eigenvalue weighted by atomic mass is 9.78. The standard InChI is InChI=1S/C16H24BrNO/c1-2-11-18-15-7-9-16(19,10-8-15)12-13-3-5-14(17)6-4-13/h3-6,15,18-19H,2,7-12H2,1H3. The van der Waals surface area contributed by atoms with Crippen molar-refractivity contribution in [2.45, 2.75) is 57.1 Å². The van der Waals surface area contributed by atoms with Gasteiger partial charge in [0.05, 0.1) is 5.60 Å². The number of halogens is 1. The Balaban J connectivity index is 1.85. The average Bonchev–Trinajstić information content (AvgIpc) is 2.41. The van der Waals surface area contributed by atoms with Crippen LogP contribution in [0.15, 0.2) is 28.7 Å². The molecule has 19 heavy (non-hydrogen) atoms. The van der Waals surface area contributed by atoms with Crippen molar-refractivity contribution in [1.82, 2.24) is 5.32 Å². The van der Waals surface area contributed by atoms with Crippen LogP contribution < -0.4 is 5.32 Å². The van der Waals surface area contributed by atoms with E-state index in [9.17, 15) is 5.11 Å². The first-order chi connectivity index (χ1) is 9.11. The van der Waals surface area contributed by atoms with Crippen LogP contribution in [0.4, 0.5) is 0 Å². The van der Waals surface area contributed by atoms with Gasteiger partial charge >= 0.3 is 0 Å². The van der Waals surface area contributed by atoms with Crippen molar-refractivity contribution in [3.8, 4) is 0 Å². The van der Waals surface area contributed by atoms with Gasteiger partial charge in [-0.05, 0) is 56.3 Å². The van der Waals surface area contributed by atoms with Crippen LogP contribution >= 0.6 is 15.9 Å². The average molecular weight is 326 g/mol. The van der Waals surface area contributed by atoms with Gasteiger partial charge in [0.25, 0.3) is 0 Å². The maximum absolute atomic E-state index is 10.7. The first kappa shape index (κ1) is 15.0. The third-order valence-corrected chi connectivity index (χ3v) is 4.57. The molecule has 1 aromatic carbocycles. The molecule has 1 fully saturated rings. The SMILES string of the molecule is CCCNC1CCC(O)(Cc2ccc(Br)cc2)CC1. The minimum absolute atomic E-state index is 0.502. The van der Waals surface area contributed by atoms with E-state index in [0.29, 0.717) is 6.04 Å². The highest BCUT2D eigenvalue weighted by Crippen LogP contribution is 2.31. The molecular formula is C16H24BrNO. The molecule has 1 saturated carbocycles. The minimum Gasteiger partial charge on any atom is -0.390 e. The predicted molar refractivity (Wildman–Crippen MR) is 83.3 cm³/mol. The van der Waals surface area contributed by atoms with E-state index in [-0.39, 0.29) is 0 Å². The fourth-order valence-corrected chi connectivity index (χ4v) is 3.13. The van der Waals surface area contributed by atoms with Crippen molar-refractivity contribution in [3.63, 3.8) is 0 Å². The van der Waals surface area contributed by atoms with E-state index in [0.717, 1.165) is 43.1 Å². The zero-order valence-electron chi connectivity index (χ0n) is 11.7. The molecule has 0 amide bonds. The van der Waals surface area contributed by atoms with E-state index in [2.05, 4.69) is 40.3 Å². The molecule has 2 nitrogen and oxygen atoms in total. The number of nitrogens with one attached hydrogen (secondary N) is 1. The third-order valence-electron chi connectivity index (χ3n) is 4.05. The predicted octanol–water partition coefficient (Wildman–Crippen LogP) is 3.66. The van der Waals surface area contributed by atoms with Crippen molar-refractivity contribution in [2.75, 3.05) is 6.54 Å². The summed E-state index contributed by atoms with van der Waals surface area (Å²) < 4.78 is 1.09. The highest BCUT2D eigenvalue weighted by molar-refractivity contribution is 9.10. The van der Waals surface area contributed by atoms with Crippen LogP contribution in [0.3, 0.4) is 0 Å². The third kappa shape index (κ3) is 4.59. The molecule has 3 heteroatoms. The van der Waals surface area contributed by atoms with Gasteiger partial charge in [-0.15, -0.1) is 0 Å². The van der Waals surface area contributed by atoms with E-state index in [1.807, 2.05) is 12.1 Å². The van der Waals surface area contributed by atoms with E-state index in [1.165, 1.54) is 12.0 Å². The first-order valence-electron chi connectivity index (χ1n) is 7.31. The van der Waals surface area contributed by atoms with Gasteiger partial charge in [0, 0.05) is 16.9 Å². The normalized spacial score (nSPS) is 27.4. The molecule has 0 aliphatic heterocycles. The number of hydrogen-bond donors (Lipinski definition) is 2. The molecule has 0 spiro atoms. The first-order valence-corrected chi connectivity index (χ1v) is 8.11. The fourth-order valence-electron chi connectivity index (χ4n) is 2.87. The molecule has 0 unspecified atom stereocenters. The monoisotopic (exact) mass is 325 g/mol. The smallest absolute Gasteiger partial charge is 0.0689 e. The molecule has 1 aliphatic carbocycles. The van der Waals surface area contributed by atoms with Crippen molar-refractivity contribution < 1.29 is 5.11 Å². The summed E-state index contributed by atoms with van der Waals surface area (Å²) in [6.07, 6.45) is 5.95. The lowest BCUT2D eigenvalue weighted by molar-refractivity contribution is -0.00306. The Bertz CT molecular complexity index is 382. The summed E-state index contributed by atoms with van der Waals surface area (Å²) in [5.41, 5.74) is 0.726. The Morgan fingerprint density at radius 2 is 1.89 bits per heavy atom. The van der Waals surface area contributed by atoms with Gasteiger partial charge < -0.3 is 10.4 Å². The molecule has 1 aliphatic rings. The molecule has 0 bridgehead atoms. The largest absolute Gasteiger partial charge is 0.390 e. The minimum atomic E-state index is -0.502. The van der Waals surface area contributed by atoms with E-state index in [4.69, 9.17) is 0 Å². The Labute approximate surface area is 124 Å². The van der Waals surface area contributed by atoms with Crippen LogP contribution in [-0.4, -0.2) is 23.3 Å². The molecule has 0 aromatic heterocycles. The van der Waals surface area contributed by atoms with Gasteiger partial charge in [0.1, 0.15) is 0 Å². The molecular weight excluding hydrogens is 302 g/mol. The van der Waals surface area contributed by atoms with Crippen LogP contribution in [0, 0.1) is 0 Å². The van der Waals surface area contributed by atoms with E-state index >= 15 is 0 Å². The summed E-state index contributed by atoms with van der Waals surface area (Å²) in [5.74, 6) is 0. The summed E-state index contributed by atoms with van der Waals surface area (Å²) in [4.78, 5) is 0. The zero-order valence-corrected chi connectivity index (χ0v) is 13.2. The topological polar surface area (TPSA) is 32.3 Å². The maximum Gasteiger partial charge on any atom is 0.0689 e. The van der Waals surface area contributed by atoms with Crippen molar-refractivity contribution in [2.24, 2.45) is 0 Å². The summed E-state index contributed by atoms with van der Waals surface area (Å²) in [6, 6.07) is 8.90. The Hall–Kier alpha value is -0.380. The second kappa shape index (κ2) is 6.87. The van der Waals surface area contributed by atoms with Crippen molar-refractivity contribution in [3.05, 3.63) is 34.3 Å². The Kier molecular flexibility index (Phi) is 5.43. The van der Waals surface area contributed by atoms with Gasteiger partial charge in [-0.2, -0.15) is 0 Å². The van der Waals surface area contributed by atoms with E-state index < -0.39 is 5.60 Å². The lowest BCUT2D eigenvalue weighted by Gasteiger charge is -2.36. The Morgan fingerprint density at radius 3 is 2.47 bits per heavy atom. The number of hydrogen-bond acceptors (Lipinski definition) is 2. The highest BCUT2D eigenvalue weighted by Gasteiger charge is 2.32. The van der Waals surface area contributed by atoms with Gasteiger partial charge in [-0.3, -0.25) is 0 Å². The van der Waals surface area contributed by atoms with Gasteiger partial charge in [-0.1, -0.05) is 35.0 Å². The van der Waals surface area contributed by atoms with Crippen molar-refractivity contribution in [1.29, 1.82) is 0 Å². The molecule has 0 saturated heterocycles. The zero-order chi connectivity index (χ0) is 13.7. The Morgan fingerprint density at radius 1 is 1.26 bits per heavy atom. The van der Waals surface area contributed by atoms with Crippen LogP contribution in [-0.2, 0) is 6.42 Å². The molecule has 1 aromatic rings. The van der Waals surface area contributed by atoms with Crippen LogP contribution in [0.25, 0.3) is 0 Å². The molecule has 0 heterocycles. The number of rotatable bonds is 5. The van der Waals surface area contributed by atoms with Gasteiger partial charge in [-0.25, -0.2) is 0 Å². The summed E-state index contributed by atoms with van der Waals surface area (Å²) in [6.45, 7) is 3.29. The van der Waals surface area contributed by atoms with Gasteiger partial charge in [0.2, 0.25) is 0 Å². The molecule has 0 radical (unpaired) electrons. The number of aliphatic hydroxyl groups is 1. The summed E-state index contributed by atoms with van der Waals surface area (Å²) in [5, 5.41) is 14.3. The molecule has 0 atom stereocenters. The van der Waals surface area contributed by atoms with Crippen LogP contribution in [0.5, 0.6) is 0 Å².